The van der Waals surface area contributed by atoms with Crippen LogP contribution >= 0.6 is 11.3 Å². The van der Waals surface area contributed by atoms with E-state index in [2.05, 4.69) is 35.9 Å². The number of morpholine rings is 1. The molecule has 2 aromatic rings. The second kappa shape index (κ2) is 15.7. The molecule has 0 unspecified atom stereocenters. The van der Waals surface area contributed by atoms with E-state index in [1.54, 1.807) is 18.3 Å². The van der Waals surface area contributed by atoms with Crippen molar-refractivity contribution in [2.24, 2.45) is 11.8 Å². The number of aryl methyl sites for hydroxylation is 1. The highest BCUT2D eigenvalue weighted by Crippen LogP contribution is 2.30. The number of Topliss-reactive ketones (excluding diaryl/α,β-unsaturated/α-hetero) is 2. The lowest BCUT2D eigenvalue weighted by Crippen LogP contribution is -2.42. The van der Waals surface area contributed by atoms with E-state index in [0.29, 0.717) is 50.5 Å². The van der Waals surface area contributed by atoms with E-state index in [0.717, 1.165) is 41.2 Å². The second-order valence-corrected chi connectivity index (χ2v) is 13.1. The van der Waals surface area contributed by atoms with E-state index >= 15 is 0 Å². The number of nitrogens with one attached hydrogen (secondary N) is 1. The minimum absolute atomic E-state index is 0.00190. The van der Waals surface area contributed by atoms with E-state index in [9.17, 15) is 14.4 Å². The second-order valence-electron chi connectivity index (χ2n) is 12.0. The average molecular weight is 582 g/mol. The first-order valence-corrected chi connectivity index (χ1v) is 16.3. The quantitative estimate of drug-likeness (QED) is 0.272. The summed E-state index contributed by atoms with van der Waals surface area (Å²) >= 11 is 1.61. The van der Waals surface area contributed by atoms with E-state index in [-0.39, 0.29) is 29.9 Å². The Morgan fingerprint density at radius 1 is 1.17 bits per heavy atom. The Morgan fingerprint density at radius 2 is 1.93 bits per heavy atom. The molecule has 4 rings (SSSR count). The van der Waals surface area contributed by atoms with Gasteiger partial charge in [0.15, 0.2) is 5.78 Å². The standard InChI is InChI=1S/C33H47N3O4S/c1-4-25-10-12-29-31(20-25)41-32(35-29)21-27(18-24(3)37)33(39)34-28(19-26-8-6-5-7-9-26)11-13-30(38)23(2)22-36-14-16-40-17-15-36/h10,12,20,26-28H,2,4-9,11,13-19,21-22H2,1,3H3,(H,34,39)/t27-,28+/m0/s1. The Kier molecular flexibility index (Phi) is 12.1. The molecule has 0 bridgehead atoms. The molecule has 224 valence electrons. The van der Waals surface area contributed by atoms with E-state index in [1.807, 2.05) is 6.07 Å². The van der Waals surface area contributed by atoms with Crippen molar-refractivity contribution in [1.29, 1.82) is 0 Å². The fourth-order valence-electron chi connectivity index (χ4n) is 6.13. The average Bonchev–Trinajstić information content (AvgIpc) is 3.37. The van der Waals surface area contributed by atoms with Crippen LogP contribution in [0.1, 0.15) is 82.2 Å². The van der Waals surface area contributed by atoms with Crippen LogP contribution in [0.25, 0.3) is 10.2 Å². The minimum Gasteiger partial charge on any atom is -0.379 e. The zero-order valence-corrected chi connectivity index (χ0v) is 25.7. The van der Waals surface area contributed by atoms with Crippen molar-refractivity contribution in [3.63, 3.8) is 0 Å². The highest BCUT2D eigenvalue weighted by molar-refractivity contribution is 7.18. The molecule has 1 saturated carbocycles. The number of hydrogen-bond donors (Lipinski definition) is 1. The number of benzene rings is 1. The Bertz CT molecular complexity index is 1200. The largest absolute Gasteiger partial charge is 0.379 e. The molecule has 41 heavy (non-hydrogen) atoms. The summed E-state index contributed by atoms with van der Waals surface area (Å²) in [5, 5.41) is 4.18. The number of carbonyl (C=O) groups excluding carboxylic acids is 3. The summed E-state index contributed by atoms with van der Waals surface area (Å²) in [7, 11) is 0. The van der Waals surface area contributed by atoms with Crippen LogP contribution < -0.4 is 5.32 Å². The molecule has 1 aliphatic heterocycles. The summed E-state index contributed by atoms with van der Waals surface area (Å²) in [5.74, 6) is 0.0520. The third kappa shape index (κ3) is 9.83. The predicted molar refractivity (Wildman–Crippen MR) is 165 cm³/mol. The van der Waals surface area contributed by atoms with Crippen molar-refractivity contribution in [2.45, 2.75) is 90.5 Å². The fourth-order valence-corrected chi connectivity index (χ4v) is 7.24. The van der Waals surface area contributed by atoms with Crippen LogP contribution in [0.3, 0.4) is 0 Å². The summed E-state index contributed by atoms with van der Waals surface area (Å²) < 4.78 is 6.53. The van der Waals surface area contributed by atoms with Crippen LogP contribution in [0, 0.1) is 11.8 Å². The van der Waals surface area contributed by atoms with Gasteiger partial charge in [0.1, 0.15) is 5.78 Å². The number of rotatable bonds is 15. The summed E-state index contributed by atoms with van der Waals surface area (Å²) in [6.45, 7) is 11.3. The van der Waals surface area contributed by atoms with Crippen molar-refractivity contribution >= 4 is 39.0 Å². The van der Waals surface area contributed by atoms with Gasteiger partial charge in [-0.15, -0.1) is 11.3 Å². The number of hydrogen-bond acceptors (Lipinski definition) is 7. The van der Waals surface area contributed by atoms with Crippen molar-refractivity contribution < 1.29 is 19.1 Å². The molecule has 2 atom stereocenters. The van der Waals surface area contributed by atoms with Gasteiger partial charge in [-0.3, -0.25) is 14.5 Å². The lowest BCUT2D eigenvalue weighted by atomic mass is 9.83. The lowest BCUT2D eigenvalue weighted by Gasteiger charge is -2.29. The molecule has 8 heteroatoms. The Morgan fingerprint density at radius 3 is 2.63 bits per heavy atom. The van der Waals surface area contributed by atoms with E-state index in [1.165, 1.54) is 37.7 Å². The number of ketones is 2. The monoisotopic (exact) mass is 581 g/mol. The van der Waals surface area contributed by atoms with Gasteiger partial charge in [-0.25, -0.2) is 4.98 Å². The van der Waals surface area contributed by atoms with Crippen LogP contribution in [0.2, 0.25) is 0 Å². The topological polar surface area (TPSA) is 88.6 Å². The number of aromatic nitrogens is 1. The van der Waals surface area contributed by atoms with E-state index in [4.69, 9.17) is 9.72 Å². The van der Waals surface area contributed by atoms with Crippen molar-refractivity contribution in [1.82, 2.24) is 15.2 Å². The summed E-state index contributed by atoms with van der Waals surface area (Å²) in [6.07, 6.45) is 9.51. The normalized spacial score (nSPS) is 18.2. The molecular formula is C33H47N3O4S. The maximum atomic E-state index is 13.7. The Hall–Kier alpha value is -2.42. The van der Waals surface area contributed by atoms with Crippen LogP contribution in [0.4, 0.5) is 0 Å². The molecule has 2 fully saturated rings. The van der Waals surface area contributed by atoms with Gasteiger partial charge in [-0.2, -0.15) is 0 Å². The minimum atomic E-state index is -0.473. The van der Waals surface area contributed by atoms with Gasteiger partial charge in [0.05, 0.1) is 34.4 Å². The molecule has 0 radical (unpaired) electrons. The van der Waals surface area contributed by atoms with Gasteiger partial charge in [0.2, 0.25) is 5.91 Å². The van der Waals surface area contributed by atoms with Crippen LogP contribution in [0.5, 0.6) is 0 Å². The first-order chi connectivity index (χ1) is 19.8. The molecule has 7 nitrogen and oxygen atoms in total. The fraction of sp³-hybridized carbons (Fsp3) is 0.636. The third-order valence-corrected chi connectivity index (χ3v) is 9.59. The van der Waals surface area contributed by atoms with Crippen molar-refractivity contribution in [3.8, 4) is 0 Å². The molecule has 1 aromatic carbocycles. The van der Waals surface area contributed by atoms with Gasteiger partial charge >= 0.3 is 0 Å². The first kappa shape index (κ1) is 31.5. The van der Waals surface area contributed by atoms with Gasteiger partial charge in [0.25, 0.3) is 0 Å². The Balaban J connectivity index is 1.41. The molecular weight excluding hydrogens is 534 g/mol. The highest BCUT2D eigenvalue weighted by Gasteiger charge is 2.27. The number of ether oxygens (including phenoxy) is 1. The molecule has 1 aromatic heterocycles. The maximum absolute atomic E-state index is 13.7. The molecule has 1 N–H and O–H groups in total. The summed E-state index contributed by atoms with van der Waals surface area (Å²) in [5.41, 5.74) is 2.83. The maximum Gasteiger partial charge on any atom is 0.224 e. The predicted octanol–water partition coefficient (Wildman–Crippen LogP) is 5.69. The van der Waals surface area contributed by atoms with Gasteiger partial charge in [-0.05, 0) is 49.8 Å². The Labute approximate surface area is 249 Å². The zero-order chi connectivity index (χ0) is 29.2. The number of amides is 1. The van der Waals surface area contributed by atoms with Gasteiger partial charge in [0, 0.05) is 50.5 Å². The van der Waals surface area contributed by atoms with Gasteiger partial charge in [-0.1, -0.05) is 51.7 Å². The molecule has 0 spiro atoms. The van der Waals surface area contributed by atoms with Crippen LogP contribution in [0.15, 0.2) is 30.4 Å². The zero-order valence-electron chi connectivity index (χ0n) is 24.9. The van der Waals surface area contributed by atoms with Crippen LogP contribution in [-0.2, 0) is 32.0 Å². The van der Waals surface area contributed by atoms with Gasteiger partial charge < -0.3 is 14.8 Å². The smallest absolute Gasteiger partial charge is 0.224 e. The lowest BCUT2D eigenvalue weighted by molar-refractivity contribution is -0.129. The summed E-state index contributed by atoms with van der Waals surface area (Å²) in [6, 6.07) is 6.21. The number of thiazole rings is 1. The molecule has 1 aliphatic carbocycles. The molecule has 2 heterocycles. The first-order valence-electron chi connectivity index (χ1n) is 15.5. The van der Waals surface area contributed by atoms with Crippen LogP contribution in [-0.4, -0.2) is 66.2 Å². The van der Waals surface area contributed by atoms with Crippen molar-refractivity contribution in [3.05, 3.63) is 40.9 Å². The molecule has 1 saturated heterocycles. The number of nitrogens with zero attached hydrogens (tertiary/aromatic N) is 2. The third-order valence-electron chi connectivity index (χ3n) is 8.55. The highest BCUT2D eigenvalue weighted by atomic mass is 32.1. The van der Waals surface area contributed by atoms with Crippen molar-refractivity contribution in [2.75, 3.05) is 32.8 Å². The molecule has 2 aliphatic rings. The molecule has 1 amide bonds. The summed E-state index contributed by atoms with van der Waals surface area (Å²) in [4.78, 5) is 45.9. The van der Waals surface area contributed by atoms with E-state index < -0.39 is 5.92 Å². The number of fused-ring (bicyclic) bond motifs is 1. The number of carbonyl (C=O) groups is 3. The SMILES string of the molecule is C=C(CN1CCOCC1)C(=O)CC[C@H](CC1CCCCC1)NC(=O)[C@@H](CC(C)=O)Cc1nc2ccc(CC)cc2s1.